The van der Waals surface area contributed by atoms with Crippen molar-refractivity contribution >= 4 is 0 Å². The molecule has 0 bridgehead atoms. The molecule has 1 atom stereocenters. The average molecular weight is 208 g/mol. The first kappa shape index (κ1) is 10.5. The summed E-state index contributed by atoms with van der Waals surface area (Å²) in [6.45, 7) is 3.53. The zero-order chi connectivity index (χ0) is 11.1. The van der Waals surface area contributed by atoms with Gasteiger partial charge in [-0.1, -0.05) is 18.2 Å². The second-order valence-corrected chi connectivity index (χ2v) is 4.72. The van der Waals surface area contributed by atoms with E-state index in [1.165, 1.54) is 0 Å². The molecule has 0 amide bonds. The summed E-state index contributed by atoms with van der Waals surface area (Å²) < 4.78 is 5.75. The average Bonchev–Trinajstić information content (AvgIpc) is 2.16. The van der Waals surface area contributed by atoms with E-state index in [-0.39, 0.29) is 6.61 Å². The maximum Gasteiger partial charge on any atom is 0.126 e. The van der Waals surface area contributed by atoms with Crippen LogP contribution in [-0.2, 0) is 5.60 Å². The van der Waals surface area contributed by atoms with E-state index in [1.54, 1.807) is 6.07 Å². The van der Waals surface area contributed by atoms with Gasteiger partial charge in [0.15, 0.2) is 0 Å². The third-order valence-corrected chi connectivity index (χ3v) is 2.75. The predicted octanol–water partition coefficient (Wildman–Crippen LogP) is 1.43. The molecule has 1 aromatic carbocycles. The van der Waals surface area contributed by atoms with Gasteiger partial charge in [0.1, 0.15) is 17.0 Å². The van der Waals surface area contributed by atoms with Gasteiger partial charge in [-0.25, -0.2) is 0 Å². The van der Waals surface area contributed by atoms with Crippen LogP contribution in [0, 0.1) is 0 Å². The Hall–Kier alpha value is -1.06. The minimum atomic E-state index is -1.18. The molecule has 0 radical (unpaired) electrons. The Labute approximate surface area is 89.3 Å². The third-order valence-electron chi connectivity index (χ3n) is 2.75. The SMILES string of the molecule is CC1(C)CC(O)(CO)c2ccccc2O1. The van der Waals surface area contributed by atoms with Crippen LogP contribution >= 0.6 is 0 Å². The zero-order valence-corrected chi connectivity index (χ0v) is 9.03. The van der Waals surface area contributed by atoms with E-state index < -0.39 is 11.2 Å². The van der Waals surface area contributed by atoms with Gasteiger partial charge in [0, 0.05) is 12.0 Å². The van der Waals surface area contributed by atoms with Gasteiger partial charge >= 0.3 is 0 Å². The van der Waals surface area contributed by atoms with E-state index in [1.807, 2.05) is 32.0 Å². The van der Waals surface area contributed by atoms with Crippen LogP contribution in [0.15, 0.2) is 24.3 Å². The van der Waals surface area contributed by atoms with E-state index in [9.17, 15) is 10.2 Å². The second-order valence-electron chi connectivity index (χ2n) is 4.72. The van der Waals surface area contributed by atoms with Crippen LogP contribution in [0.1, 0.15) is 25.8 Å². The van der Waals surface area contributed by atoms with Gasteiger partial charge in [-0.15, -0.1) is 0 Å². The number of fused-ring (bicyclic) bond motifs is 1. The van der Waals surface area contributed by atoms with Crippen molar-refractivity contribution in [1.82, 2.24) is 0 Å². The van der Waals surface area contributed by atoms with Gasteiger partial charge in [0.05, 0.1) is 6.61 Å². The number of benzene rings is 1. The van der Waals surface area contributed by atoms with Crippen molar-refractivity contribution in [2.45, 2.75) is 31.5 Å². The smallest absolute Gasteiger partial charge is 0.126 e. The van der Waals surface area contributed by atoms with E-state index in [4.69, 9.17) is 4.74 Å². The summed E-state index contributed by atoms with van der Waals surface area (Å²) in [6, 6.07) is 7.30. The van der Waals surface area contributed by atoms with E-state index in [2.05, 4.69) is 0 Å². The first-order valence-electron chi connectivity index (χ1n) is 5.09. The lowest BCUT2D eigenvalue weighted by Gasteiger charge is -2.42. The van der Waals surface area contributed by atoms with Crippen molar-refractivity contribution in [3.8, 4) is 5.75 Å². The van der Waals surface area contributed by atoms with Crippen LogP contribution in [0.3, 0.4) is 0 Å². The molecule has 1 aliphatic rings. The van der Waals surface area contributed by atoms with Crippen molar-refractivity contribution in [2.75, 3.05) is 6.61 Å². The van der Waals surface area contributed by atoms with Gasteiger partial charge < -0.3 is 14.9 Å². The number of hydrogen-bond donors (Lipinski definition) is 2. The number of rotatable bonds is 1. The number of aliphatic hydroxyl groups excluding tert-OH is 1. The molecule has 3 nitrogen and oxygen atoms in total. The van der Waals surface area contributed by atoms with Gasteiger partial charge in [0.25, 0.3) is 0 Å². The lowest BCUT2D eigenvalue weighted by atomic mass is 9.81. The van der Waals surface area contributed by atoms with Crippen molar-refractivity contribution in [3.63, 3.8) is 0 Å². The maximum atomic E-state index is 10.3. The van der Waals surface area contributed by atoms with Crippen LogP contribution in [0.2, 0.25) is 0 Å². The van der Waals surface area contributed by atoms with Crippen molar-refractivity contribution < 1.29 is 14.9 Å². The molecule has 3 heteroatoms. The molecule has 2 rings (SSSR count). The number of para-hydroxylation sites is 1. The highest BCUT2D eigenvalue weighted by Gasteiger charge is 2.43. The van der Waals surface area contributed by atoms with E-state index in [0.29, 0.717) is 17.7 Å². The van der Waals surface area contributed by atoms with Crippen LogP contribution in [-0.4, -0.2) is 22.4 Å². The van der Waals surface area contributed by atoms with Crippen molar-refractivity contribution in [3.05, 3.63) is 29.8 Å². The summed E-state index contributed by atoms with van der Waals surface area (Å²) in [5, 5.41) is 19.7. The van der Waals surface area contributed by atoms with Crippen molar-refractivity contribution in [1.29, 1.82) is 0 Å². The monoisotopic (exact) mass is 208 g/mol. The van der Waals surface area contributed by atoms with Gasteiger partial charge in [-0.2, -0.15) is 0 Å². The largest absolute Gasteiger partial charge is 0.487 e. The molecule has 0 aromatic heterocycles. The minimum Gasteiger partial charge on any atom is -0.487 e. The maximum absolute atomic E-state index is 10.3. The summed E-state index contributed by atoms with van der Waals surface area (Å²) in [7, 11) is 0. The Balaban J connectivity index is 2.53. The molecule has 1 aromatic rings. The predicted molar refractivity (Wildman–Crippen MR) is 56.7 cm³/mol. The standard InChI is InChI=1S/C12H16O3/c1-11(2)7-12(14,8-13)9-5-3-4-6-10(9)15-11/h3-6,13-14H,7-8H2,1-2H3. The summed E-state index contributed by atoms with van der Waals surface area (Å²) in [6.07, 6.45) is 0.396. The topological polar surface area (TPSA) is 49.7 Å². The molecule has 0 spiro atoms. The summed E-state index contributed by atoms with van der Waals surface area (Å²) in [4.78, 5) is 0. The molecule has 0 aliphatic carbocycles. The molecular formula is C12H16O3. The molecule has 1 aliphatic heterocycles. The van der Waals surface area contributed by atoms with Gasteiger partial charge in [0.2, 0.25) is 0 Å². The Morgan fingerprint density at radius 2 is 2.00 bits per heavy atom. The first-order valence-corrected chi connectivity index (χ1v) is 5.09. The fourth-order valence-corrected chi connectivity index (χ4v) is 2.21. The second kappa shape index (κ2) is 3.22. The summed E-state index contributed by atoms with van der Waals surface area (Å²) in [5.74, 6) is 0.658. The van der Waals surface area contributed by atoms with Crippen LogP contribution in [0.25, 0.3) is 0 Å². The minimum absolute atomic E-state index is 0.281. The molecule has 0 fully saturated rings. The Morgan fingerprint density at radius 3 is 2.67 bits per heavy atom. The highest BCUT2D eigenvalue weighted by Crippen LogP contribution is 2.42. The lowest BCUT2D eigenvalue weighted by molar-refractivity contribution is -0.0924. The lowest BCUT2D eigenvalue weighted by Crippen LogP contribution is -2.46. The molecule has 0 saturated carbocycles. The Bertz CT molecular complexity index is 373. The zero-order valence-electron chi connectivity index (χ0n) is 9.03. The van der Waals surface area contributed by atoms with Gasteiger partial charge in [-0.3, -0.25) is 0 Å². The normalized spacial score (nSPS) is 28.0. The Morgan fingerprint density at radius 1 is 1.33 bits per heavy atom. The highest BCUT2D eigenvalue weighted by atomic mass is 16.5. The number of ether oxygens (including phenoxy) is 1. The molecule has 15 heavy (non-hydrogen) atoms. The fourth-order valence-electron chi connectivity index (χ4n) is 2.21. The quantitative estimate of drug-likeness (QED) is 0.734. The van der Waals surface area contributed by atoms with E-state index in [0.717, 1.165) is 0 Å². The highest BCUT2D eigenvalue weighted by molar-refractivity contribution is 5.40. The van der Waals surface area contributed by atoms with Crippen LogP contribution in [0.5, 0.6) is 5.75 Å². The van der Waals surface area contributed by atoms with E-state index >= 15 is 0 Å². The molecule has 2 N–H and O–H groups in total. The summed E-state index contributed by atoms with van der Waals surface area (Å²) >= 11 is 0. The van der Waals surface area contributed by atoms with Crippen LogP contribution in [0.4, 0.5) is 0 Å². The molecule has 0 saturated heterocycles. The third kappa shape index (κ3) is 1.73. The fraction of sp³-hybridized carbons (Fsp3) is 0.500. The molecule has 1 heterocycles. The Kier molecular flexibility index (Phi) is 2.24. The summed E-state index contributed by atoms with van der Waals surface area (Å²) in [5.41, 5.74) is -0.962. The molecule has 82 valence electrons. The van der Waals surface area contributed by atoms with Gasteiger partial charge in [-0.05, 0) is 19.9 Å². The first-order chi connectivity index (χ1) is 6.97. The molecular weight excluding hydrogens is 192 g/mol. The number of aliphatic hydroxyl groups is 2. The van der Waals surface area contributed by atoms with Crippen LogP contribution < -0.4 is 4.74 Å². The van der Waals surface area contributed by atoms with Crippen molar-refractivity contribution in [2.24, 2.45) is 0 Å². The molecule has 1 unspecified atom stereocenters. The number of hydrogen-bond acceptors (Lipinski definition) is 3.